The van der Waals surface area contributed by atoms with Crippen molar-refractivity contribution >= 4 is 21.9 Å². The molecule has 0 radical (unpaired) electrons. The molecule has 4 N–H and O–H groups in total. The molecule has 0 heterocycles. The van der Waals surface area contributed by atoms with Gasteiger partial charge >= 0.3 is 5.97 Å². The van der Waals surface area contributed by atoms with Gasteiger partial charge in [0, 0.05) is 12.5 Å². The summed E-state index contributed by atoms with van der Waals surface area (Å²) in [5.41, 5.74) is 4.95. The number of carboxylic acid groups (broad SMARTS) is 1. The number of aliphatic carboxylic acids is 1. The predicted molar refractivity (Wildman–Crippen MR) is 79.7 cm³/mol. The fraction of sp³-hybridized carbons (Fsp3) is 0.385. The number of carbonyl (C=O) groups excluding carboxylic acids is 1. The molecule has 10 heteroatoms. The smallest absolute Gasteiger partial charge is 0.321 e. The molecule has 1 atom stereocenters. The number of carbonyl (C=O) groups is 2. The Hall–Kier alpha value is -2.33. The summed E-state index contributed by atoms with van der Waals surface area (Å²) in [5.74, 6) is -1.86. The largest absolute Gasteiger partial charge is 0.497 e. The fourth-order valence-electron chi connectivity index (χ4n) is 1.76. The van der Waals surface area contributed by atoms with E-state index in [0.717, 1.165) is 0 Å². The molecule has 0 aliphatic carbocycles. The first-order chi connectivity index (χ1) is 10.7. The van der Waals surface area contributed by atoms with Gasteiger partial charge in [-0.2, -0.15) is 4.72 Å². The third-order valence-electron chi connectivity index (χ3n) is 2.94. The molecule has 0 aliphatic heterocycles. The molecular weight excluding hydrogens is 328 g/mol. The number of amides is 1. The Morgan fingerprint density at radius 3 is 2.43 bits per heavy atom. The molecule has 1 aromatic carbocycles. The average molecular weight is 346 g/mol. The van der Waals surface area contributed by atoms with Gasteiger partial charge in [0.2, 0.25) is 15.9 Å². The van der Waals surface area contributed by atoms with Crippen LogP contribution < -0.4 is 19.9 Å². The number of ether oxygens (including phenoxy) is 2. The molecular formula is C13H18N2O7S. The second-order valence-corrected chi connectivity index (χ2v) is 6.22. The molecule has 1 amide bonds. The fourth-order valence-corrected chi connectivity index (χ4v) is 3.17. The van der Waals surface area contributed by atoms with Gasteiger partial charge in [0.25, 0.3) is 0 Å². The van der Waals surface area contributed by atoms with Crippen molar-refractivity contribution in [1.29, 1.82) is 0 Å². The molecule has 0 fully saturated rings. The number of nitrogens with two attached hydrogens (primary N) is 1. The maximum Gasteiger partial charge on any atom is 0.321 e. The number of hydrogen-bond donors (Lipinski definition) is 3. The summed E-state index contributed by atoms with van der Waals surface area (Å²) in [7, 11) is -1.58. The van der Waals surface area contributed by atoms with Crippen molar-refractivity contribution in [2.45, 2.75) is 23.8 Å². The molecule has 9 nitrogen and oxygen atoms in total. The van der Waals surface area contributed by atoms with Gasteiger partial charge in [-0.3, -0.25) is 9.59 Å². The summed E-state index contributed by atoms with van der Waals surface area (Å²) in [6, 6.07) is 2.59. The van der Waals surface area contributed by atoms with Crippen LogP contribution in [0, 0.1) is 0 Å². The van der Waals surface area contributed by atoms with E-state index in [1.54, 1.807) is 0 Å². The minimum Gasteiger partial charge on any atom is -0.497 e. The van der Waals surface area contributed by atoms with E-state index in [9.17, 15) is 18.0 Å². The zero-order chi connectivity index (χ0) is 17.6. The number of hydrogen-bond acceptors (Lipinski definition) is 6. The van der Waals surface area contributed by atoms with Gasteiger partial charge in [-0.15, -0.1) is 0 Å². The molecule has 0 saturated carbocycles. The van der Waals surface area contributed by atoms with E-state index < -0.39 is 27.9 Å². The van der Waals surface area contributed by atoms with Crippen LogP contribution in [-0.2, 0) is 19.6 Å². The van der Waals surface area contributed by atoms with Crippen LogP contribution in [0.4, 0.5) is 0 Å². The van der Waals surface area contributed by atoms with Crippen LogP contribution in [0.2, 0.25) is 0 Å². The molecule has 23 heavy (non-hydrogen) atoms. The molecule has 128 valence electrons. The van der Waals surface area contributed by atoms with Gasteiger partial charge in [0.05, 0.1) is 14.2 Å². The highest BCUT2D eigenvalue weighted by Crippen LogP contribution is 2.28. The highest BCUT2D eigenvalue weighted by Gasteiger charge is 2.28. The van der Waals surface area contributed by atoms with Crippen molar-refractivity contribution < 1.29 is 32.6 Å². The summed E-state index contributed by atoms with van der Waals surface area (Å²) >= 11 is 0. The average Bonchev–Trinajstić information content (AvgIpc) is 2.50. The van der Waals surface area contributed by atoms with Gasteiger partial charge in [-0.05, 0) is 18.6 Å². The van der Waals surface area contributed by atoms with Crippen LogP contribution in [0.5, 0.6) is 11.5 Å². The Labute approximate surface area is 133 Å². The van der Waals surface area contributed by atoms with Gasteiger partial charge in [0.1, 0.15) is 22.4 Å². The summed E-state index contributed by atoms with van der Waals surface area (Å²) in [4.78, 5) is 21.7. The molecule has 1 rings (SSSR count). The van der Waals surface area contributed by atoms with Crippen molar-refractivity contribution in [3.8, 4) is 11.5 Å². The van der Waals surface area contributed by atoms with Gasteiger partial charge < -0.3 is 20.3 Å². The number of nitrogens with one attached hydrogen (secondary N) is 1. The van der Waals surface area contributed by atoms with E-state index in [1.807, 2.05) is 4.72 Å². The Kier molecular flexibility index (Phi) is 6.34. The highest BCUT2D eigenvalue weighted by atomic mass is 32.2. The lowest BCUT2D eigenvalue weighted by atomic mass is 10.2. The maximum atomic E-state index is 12.4. The molecule has 0 spiro atoms. The quantitative estimate of drug-likeness (QED) is 0.556. The van der Waals surface area contributed by atoms with Crippen LogP contribution in [-0.4, -0.2) is 45.7 Å². The van der Waals surface area contributed by atoms with E-state index in [2.05, 4.69) is 0 Å². The van der Waals surface area contributed by atoms with Crippen molar-refractivity contribution in [2.75, 3.05) is 14.2 Å². The lowest BCUT2D eigenvalue weighted by molar-refractivity contribution is -0.139. The minimum absolute atomic E-state index is 0.0253. The topological polar surface area (TPSA) is 145 Å². The van der Waals surface area contributed by atoms with Crippen molar-refractivity contribution in [2.24, 2.45) is 5.73 Å². The maximum absolute atomic E-state index is 12.4. The predicted octanol–water partition coefficient (Wildman–Crippen LogP) is -0.299. The number of rotatable bonds is 9. The molecule has 0 unspecified atom stereocenters. The standard InChI is InChI=1S/C13H18N2O7S/c1-21-8-3-5-10(22-2)11(7-8)23(19,20)15-9(13(17)18)4-6-12(14)16/h3,5,7,9,15H,4,6H2,1-2H3,(H2,14,16)(H,17,18)/t9-/m0/s1. The first kappa shape index (κ1) is 18.7. The first-order valence-electron chi connectivity index (χ1n) is 6.46. The van der Waals surface area contributed by atoms with Crippen molar-refractivity contribution in [1.82, 2.24) is 4.72 Å². The normalized spacial score (nSPS) is 12.4. The van der Waals surface area contributed by atoms with E-state index in [4.69, 9.17) is 20.3 Å². The van der Waals surface area contributed by atoms with E-state index in [0.29, 0.717) is 0 Å². The lowest BCUT2D eigenvalue weighted by Crippen LogP contribution is -2.41. The van der Waals surface area contributed by atoms with Crippen LogP contribution in [0.3, 0.4) is 0 Å². The van der Waals surface area contributed by atoms with E-state index in [1.165, 1.54) is 32.4 Å². The van der Waals surface area contributed by atoms with Crippen molar-refractivity contribution in [3.63, 3.8) is 0 Å². The van der Waals surface area contributed by atoms with E-state index >= 15 is 0 Å². The van der Waals surface area contributed by atoms with Gasteiger partial charge in [0.15, 0.2) is 0 Å². The van der Waals surface area contributed by atoms with Crippen molar-refractivity contribution in [3.05, 3.63) is 18.2 Å². The van der Waals surface area contributed by atoms with Crippen LogP contribution in [0.25, 0.3) is 0 Å². The molecule has 0 bridgehead atoms. The summed E-state index contributed by atoms with van der Waals surface area (Å²) in [6.07, 6.45) is -0.537. The van der Waals surface area contributed by atoms with Crippen LogP contribution in [0.1, 0.15) is 12.8 Å². The third-order valence-corrected chi connectivity index (χ3v) is 4.43. The summed E-state index contributed by atoms with van der Waals surface area (Å²) in [5, 5.41) is 9.09. The zero-order valence-corrected chi connectivity index (χ0v) is 13.4. The van der Waals surface area contributed by atoms with E-state index in [-0.39, 0.29) is 29.2 Å². The molecule has 0 aromatic heterocycles. The number of carboxylic acids is 1. The summed E-state index contributed by atoms with van der Waals surface area (Å²) < 4.78 is 36.8. The SMILES string of the molecule is COc1ccc(OC)c(S(=O)(=O)N[C@@H](CCC(N)=O)C(=O)O)c1. The summed E-state index contributed by atoms with van der Waals surface area (Å²) in [6.45, 7) is 0. The Morgan fingerprint density at radius 2 is 1.96 bits per heavy atom. The van der Waals surface area contributed by atoms with Crippen LogP contribution >= 0.6 is 0 Å². The number of methoxy groups -OCH3 is 2. The lowest BCUT2D eigenvalue weighted by Gasteiger charge is -2.16. The Balaban J connectivity index is 3.14. The minimum atomic E-state index is -4.22. The zero-order valence-electron chi connectivity index (χ0n) is 12.6. The number of benzene rings is 1. The van der Waals surface area contributed by atoms with Crippen LogP contribution in [0.15, 0.2) is 23.1 Å². The Bertz CT molecular complexity index is 688. The number of primary amides is 1. The molecule has 1 aromatic rings. The Morgan fingerprint density at radius 1 is 1.30 bits per heavy atom. The van der Waals surface area contributed by atoms with Gasteiger partial charge in [-0.25, -0.2) is 8.42 Å². The van der Waals surface area contributed by atoms with Gasteiger partial charge in [-0.1, -0.05) is 0 Å². The third kappa shape index (κ3) is 5.11. The second-order valence-electron chi connectivity index (χ2n) is 4.53. The molecule has 0 saturated heterocycles. The number of sulfonamides is 1. The highest BCUT2D eigenvalue weighted by molar-refractivity contribution is 7.89. The first-order valence-corrected chi connectivity index (χ1v) is 7.95. The second kappa shape index (κ2) is 7.79. The monoisotopic (exact) mass is 346 g/mol. The molecule has 0 aliphatic rings.